The number of H-pyrrole nitrogens is 1. The van der Waals surface area contributed by atoms with E-state index in [4.69, 9.17) is 5.11 Å². The number of nitrogens with zero attached hydrogens (tertiary/aromatic N) is 1. The van der Waals surface area contributed by atoms with Crippen molar-refractivity contribution >= 4 is 16.9 Å². The fourth-order valence-corrected chi connectivity index (χ4v) is 4.42. The van der Waals surface area contributed by atoms with Gasteiger partial charge in [0.25, 0.3) is 0 Å². The number of aromatic hydroxyl groups is 1. The van der Waals surface area contributed by atoms with E-state index in [1.807, 2.05) is 18.3 Å². The quantitative estimate of drug-likeness (QED) is 0.174. The first-order valence-electron chi connectivity index (χ1n) is 14.1. The molecule has 0 bridgehead atoms. The Bertz CT molecular complexity index is 785. The minimum Gasteiger partial charge on any atom is -0.507 e. The third kappa shape index (κ3) is 15.6. The molecule has 0 saturated heterocycles. The zero-order valence-electron chi connectivity index (χ0n) is 22.8. The van der Waals surface area contributed by atoms with Crippen molar-refractivity contribution in [2.45, 2.75) is 116 Å². The van der Waals surface area contributed by atoms with E-state index in [0.29, 0.717) is 12.2 Å². The van der Waals surface area contributed by atoms with Crippen molar-refractivity contribution in [1.29, 1.82) is 0 Å². The van der Waals surface area contributed by atoms with Crippen LogP contribution in [0.1, 0.15) is 115 Å². The van der Waals surface area contributed by atoms with Crippen LogP contribution in [0.3, 0.4) is 0 Å². The molecule has 200 valence electrons. The molecular formula is C30H52N2O3. The molecule has 0 saturated carbocycles. The van der Waals surface area contributed by atoms with Crippen LogP contribution >= 0.6 is 0 Å². The van der Waals surface area contributed by atoms with Crippen molar-refractivity contribution < 1.29 is 15.0 Å². The largest absolute Gasteiger partial charge is 0.507 e. The molecule has 0 unspecified atom stereocenters. The molecule has 0 amide bonds. The molecule has 1 aromatic carbocycles. The summed E-state index contributed by atoms with van der Waals surface area (Å²) in [6.45, 7) is 3.26. The molecule has 0 spiro atoms. The van der Waals surface area contributed by atoms with Gasteiger partial charge in [-0.1, -0.05) is 103 Å². The number of benzene rings is 1. The van der Waals surface area contributed by atoms with E-state index in [-0.39, 0.29) is 0 Å². The standard InChI is InChI=1S/C18H36O2.C12H16N2O/c1-2-3-4-5-6-7-8-9-10-11-12-13-14-15-16-17-18(19)20;1-14(2)7-6-9-8-13-10-4-3-5-11(15)12(9)10/h2-17H2,1H3,(H,19,20);3-5,8,13,15H,6-7H2,1-2H3. The van der Waals surface area contributed by atoms with Gasteiger partial charge in [0.1, 0.15) is 5.75 Å². The van der Waals surface area contributed by atoms with Crippen molar-refractivity contribution in [2.75, 3.05) is 20.6 Å². The van der Waals surface area contributed by atoms with Gasteiger partial charge in [0.2, 0.25) is 0 Å². The number of unbranched alkanes of at least 4 members (excludes halogenated alkanes) is 14. The molecule has 0 aliphatic carbocycles. The zero-order chi connectivity index (χ0) is 25.7. The normalized spacial score (nSPS) is 11.1. The third-order valence-electron chi connectivity index (χ3n) is 6.59. The lowest BCUT2D eigenvalue weighted by Crippen LogP contribution is -2.14. The first-order chi connectivity index (χ1) is 17.0. The summed E-state index contributed by atoms with van der Waals surface area (Å²) in [6, 6.07) is 5.56. The first-order valence-corrected chi connectivity index (χ1v) is 14.1. The lowest BCUT2D eigenvalue weighted by atomic mass is 10.0. The van der Waals surface area contributed by atoms with Crippen LogP contribution in [0.5, 0.6) is 5.75 Å². The lowest BCUT2D eigenvalue weighted by Gasteiger charge is -2.08. The number of carbonyl (C=O) groups is 1. The minimum atomic E-state index is -0.653. The van der Waals surface area contributed by atoms with Crippen LogP contribution in [0, 0.1) is 0 Å². The van der Waals surface area contributed by atoms with Crippen LogP contribution in [0.25, 0.3) is 10.9 Å². The van der Waals surface area contributed by atoms with Gasteiger partial charge in [-0.15, -0.1) is 0 Å². The van der Waals surface area contributed by atoms with Gasteiger partial charge in [-0.05, 0) is 44.6 Å². The van der Waals surface area contributed by atoms with E-state index < -0.39 is 5.97 Å². The smallest absolute Gasteiger partial charge is 0.303 e. The number of aromatic nitrogens is 1. The Kier molecular flexibility index (Phi) is 17.9. The number of nitrogens with one attached hydrogen (secondary N) is 1. The van der Waals surface area contributed by atoms with Crippen molar-refractivity contribution in [3.63, 3.8) is 0 Å². The molecule has 1 aromatic heterocycles. The second kappa shape index (κ2) is 20.2. The lowest BCUT2D eigenvalue weighted by molar-refractivity contribution is -0.137. The predicted molar refractivity (Wildman–Crippen MR) is 149 cm³/mol. The molecule has 2 rings (SSSR count). The van der Waals surface area contributed by atoms with E-state index in [1.54, 1.807) is 6.07 Å². The first kappa shape index (κ1) is 31.0. The average Bonchev–Trinajstić information content (AvgIpc) is 3.25. The topological polar surface area (TPSA) is 76.6 Å². The number of likely N-dealkylation sites (N-methyl/N-ethyl adjacent to an activating group) is 1. The molecule has 0 aliphatic heterocycles. The average molecular weight is 489 g/mol. The Labute approximate surface area is 214 Å². The number of phenols is 1. The van der Waals surface area contributed by atoms with Gasteiger partial charge in [-0.3, -0.25) is 4.79 Å². The molecule has 0 aliphatic rings. The van der Waals surface area contributed by atoms with Gasteiger partial charge >= 0.3 is 5.97 Å². The minimum absolute atomic E-state index is 0.345. The number of aliphatic carboxylic acids is 1. The van der Waals surface area contributed by atoms with Gasteiger partial charge < -0.3 is 20.1 Å². The molecule has 35 heavy (non-hydrogen) atoms. The van der Waals surface area contributed by atoms with Gasteiger partial charge in [0, 0.05) is 30.1 Å². The van der Waals surface area contributed by atoms with E-state index in [1.165, 1.54) is 89.0 Å². The van der Waals surface area contributed by atoms with E-state index in [0.717, 1.165) is 36.7 Å². The number of aromatic amines is 1. The number of fused-ring (bicyclic) bond motifs is 1. The highest BCUT2D eigenvalue weighted by molar-refractivity contribution is 5.88. The molecule has 1 heterocycles. The highest BCUT2D eigenvalue weighted by Gasteiger charge is 2.07. The van der Waals surface area contributed by atoms with Gasteiger partial charge in [-0.25, -0.2) is 0 Å². The Morgan fingerprint density at radius 3 is 1.83 bits per heavy atom. The number of hydrogen-bond acceptors (Lipinski definition) is 3. The summed E-state index contributed by atoms with van der Waals surface area (Å²) in [5.74, 6) is -0.290. The molecule has 0 radical (unpaired) electrons. The third-order valence-corrected chi connectivity index (χ3v) is 6.59. The van der Waals surface area contributed by atoms with Gasteiger partial charge in [0.05, 0.1) is 0 Å². The second-order valence-corrected chi connectivity index (χ2v) is 10.2. The van der Waals surface area contributed by atoms with Crippen LogP contribution < -0.4 is 0 Å². The Hall–Kier alpha value is -2.01. The van der Waals surface area contributed by atoms with Gasteiger partial charge in [-0.2, -0.15) is 0 Å². The van der Waals surface area contributed by atoms with Crippen LogP contribution in [0.4, 0.5) is 0 Å². The Balaban J connectivity index is 0.000000362. The highest BCUT2D eigenvalue weighted by Crippen LogP contribution is 2.27. The number of phenolic OH excluding ortho intramolecular Hbond substituents is 1. The second-order valence-electron chi connectivity index (χ2n) is 10.2. The highest BCUT2D eigenvalue weighted by atomic mass is 16.4. The fraction of sp³-hybridized carbons (Fsp3) is 0.700. The molecule has 0 atom stereocenters. The fourth-order valence-electron chi connectivity index (χ4n) is 4.42. The van der Waals surface area contributed by atoms with Crippen LogP contribution in [-0.2, 0) is 11.2 Å². The van der Waals surface area contributed by atoms with Crippen LogP contribution in [0.2, 0.25) is 0 Å². The summed E-state index contributed by atoms with van der Waals surface area (Å²) in [5.41, 5.74) is 2.18. The summed E-state index contributed by atoms with van der Waals surface area (Å²) < 4.78 is 0. The summed E-state index contributed by atoms with van der Waals surface area (Å²) in [5, 5.41) is 19.2. The number of rotatable bonds is 19. The molecular weight excluding hydrogens is 436 g/mol. The van der Waals surface area contributed by atoms with E-state index in [9.17, 15) is 9.90 Å². The molecule has 5 nitrogen and oxygen atoms in total. The monoisotopic (exact) mass is 488 g/mol. The molecule has 3 N–H and O–H groups in total. The van der Waals surface area contributed by atoms with Crippen molar-refractivity contribution in [2.24, 2.45) is 0 Å². The van der Waals surface area contributed by atoms with Gasteiger partial charge in [0.15, 0.2) is 0 Å². The number of hydrogen-bond donors (Lipinski definition) is 3. The summed E-state index contributed by atoms with van der Waals surface area (Å²) in [4.78, 5) is 15.6. The molecule has 0 fully saturated rings. The molecule has 5 heteroatoms. The summed E-state index contributed by atoms with van der Waals surface area (Å²) >= 11 is 0. The summed E-state index contributed by atoms with van der Waals surface area (Å²) in [7, 11) is 4.10. The Morgan fingerprint density at radius 1 is 0.829 bits per heavy atom. The van der Waals surface area contributed by atoms with E-state index in [2.05, 4.69) is 30.9 Å². The van der Waals surface area contributed by atoms with Crippen molar-refractivity contribution in [1.82, 2.24) is 9.88 Å². The SMILES string of the molecule is CCCCCCCCCCCCCCCCCC(=O)O.CN(C)CCc1c[nH]c2cccc(O)c12. The number of carboxylic acid groups (broad SMARTS) is 1. The van der Waals surface area contributed by atoms with Crippen molar-refractivity contribution in [3.05, 3.63) is 30.0 Å². The Morgan fingerprint density at radius 2 is 1.34 bits per heavy atom. The maximum Gasteiger partial charge on any atom is 0.303 e. The van der Waals surface area contributed by atoms with E-state index >= 15 is 0 Å². The van der Waals surface area contributed by atoms with Crippen molar-refractivity contribution in [3.8, 4) is 5.75 Å². The van der Waals surface area contributed by atoms with Crippen LogP contribution in [0.15, 0.2) is 24.4 Å². The van der Waals surface area contributed by atoms with Crippen LogP contribution in [-0.4, -0.2) is 46.7 Å². The predicted octanol–water partition coefficient (Wildman–Crippen LogP) is 8.31. The maximum absolute atomic E-state index is 10.3. The zero-order valence-corrected chi connectivity index (χ0v) is 22.8. The molecule has 2 aromatic rings. The summed E-state index contributed by atoms with van der Waals surface area (Å²) in [6.07, 6.45) is 23.1. The number of carboxylic acids is 1. The maximum atomic E-state index is 10.3.